The first-order chi connectivity index (χ1) is 16.1. The maximum atomic E-state index is 14.0. The Balaban J connectivity index is 0.000000406. The number of hydrogen-bond donors (Lipinski definition) is 3. The average molecular weight is 480 g/mol. The highest BCUT2D eigenvalue weighted by Gasteiger charge is 2.38. The molecule has 0 radical (unpaired) electrons. The van der Waals surface area contributed by atoms with Crippen molar-refractivity contribution in [3.63, 3.8) is 0 Å². The zero-order valence-corrected chi connectivity index (χ0v) is 18.0. The van der Waals surface area contributed by atoms with Crippen molar-refractivity contribution in [2.75, 3.05) is 11.9 Å². The molecule has 1 fully saturated rings. The van der Waals surface area contributed by atoms with Crippen LogP contribution in [0, 0.1) is 11.7 Å². The first-order valence-electron chi connectivity index (χ1n) is 10.5. The summed E-state index contributed by atoms with van der Waals surface area (Å²) in [5.41, 5.74) is 8.84. The molecule has 0 unspecified atom stereocenters. The molecule has 4 N–H and O–H groups in total. The van der Waals surface area contributed by atoms with Gasteiger partial charge in [-0.3, -0.25) is 0 Å². The van der Waals surface area contributed by atoms with Crippen molar-refractivity contribution in [1.82, 2.24) is 19.7 Å². The van der Waals surface area contributed by atoms with E-state index in [9.17, 15) is 17.6 Å². The molecule has 1 saturated carbocycles. The molecule has 0 saturated heterocycles. The lowest BCUT2D eigenvalue weighted by molar-refractivity contribution is -0.192. The normalized spacial score (nSPS) is 18.0. The highest BCUT2D eigenvalue weighted by molar-refractivity contribution is 5.73. The van der Waals surface area contributed by atoms with Gasteiger partial charge in [0.15, 0.2) is 0 Å². The Hall–Kier alpha value is -3.54. The molecule has 1 aliphatic rings. The maximum absolute atomic E-state index is 14.0. The Morgan fingerprint density at radius 1 is 1.18 bits per heavy atom. The molecule has 34 heavy (non-hydrogen) atoms. The fourth-order valence-corrected chi connectivity index (χ4v) is 3.55. The number of nitrogens with one attached hydrogen (secondary N) is 1. The molecule has 4 rings (SSSR count). The number of carboxylic acid groups (broad SMARTS) is 1. The molecule has 0 atom stereocenters. The number of aliphatic carboxylic acids is 1. The minimum Gasteiger partial charge on any atom is -0.475 e. The van der Waals surface area contributed by atoms with Crippen LogP contribution in [0.1, 0.15) is 25.7 Å². The van der Waals surface area contributed by atoms with Gasteiger partial charge in [-0.1, -0.05) is 12.1 Å². The van der Waals surface area contributed by atoms with Gasteiger partial charge in [-0.25, -0.2) is 23.8 Å². The number of alkyl halides is 3. The quantitative estimate of drug-likeness (QED) is 0.472. The highest BCUT2D eigenvalue weighted by Crippen LogP contribution is 2.28. The van der Waals surface area contributed by atoms with Crippen LogP contribution in [0.3, 0.4) is 0 Å². The van der Waals surface area contributed by atoms with Gasteiger partial charge < -0.3 is 16.2 Å². The monoisotopic (exact) mass is 480 g/mol. The number of rotatable bonds is 5. The van der Waals surface area contributed by atoms with E-state index in [1.165, 1.54) is 17.1 Å². The van der Waals surface area contributed by atoms with Crippen LogP contribution >= 0.6 is 0 Å². The third kappa shape index (κ3) is 6.73. The molecule has 3 aromatic rings. The zero-order valence-electron chi connectivity index (χ0n) is 18.0. The van der Waals surface area contributed by atoms with Crippen LogP contribution in [0.15, 0.2) is 49.2 Å². The van der Waals surface area contributed by atoms with Crippen LogP contribution in [-0.2, 0) is 4.79 Å². The Labute approximate surface area is 192 Å². The van der Waals surface area contributed by atoms with Gasteiger partial charge in [-0.2, -0.15) is 18.3 Å². The number of halogens is 4. The third-order valence-corrected chi connectivity index (χ3v) is 5.38. The minimum absolute atomic E-state index is 0.316. The number of nitrogens with zero attached hydrogens (tertiary/aromatic N) is 4. The first kappa shape index (κ1) is 25.1. The molecule has 1 aliphatic carbocycles. The second-order valence-corrected chi connectivity index (χ2v) is 7.87. The van der Waals surface area contributed by atoms with E-state index < -0.39 is 12.1 Å². The molecular weight excluding hydrogens is 456 g/mol. The number of carbonyl (C=O) groups is 1. The second kappa shape index (κ2) is 11.1. The molecule has 0 amide bonds. The summed E-state index contributed by atoms with van der Waals surface area (Å²) in [7, 11) is 0. The van der Waals surface area contributed by atoms with Crippen molar-refractivity contribution in [1.29, 1.82) is 0 Å². The Morgan fingerprint density at radius 2 is 1.85 bits per heavy atom. The zero-order chi connectivity index (χ0) is 24.7. The number of aromatic nitrogens is 4. The smallest absolute Gasteiger partial charge is 0.475 e. The van der Waals surface area contributed by atoms with Crippen molar-refractivity contribution in [2.24, 2.45) is 11.7 Å². The summed E-state index contributed by atoms with van der Waals surface area (Å²) in [5, 5.41) is 14.9. The van der Waals surface area contributed by atoms with Crippen molar-refractivity contribution >= 4 is 11.7 Å². The molecule has 0 spiro atoms. The summed E-state index contributed by atoms with van der Waals surface area (Å²) >= 11 is 0. The second-order valence-electron chi connectivity index (χ2n) is 7.87. The number of hydrogen-bond acceptors (Lipinski definition) is 6. The summed E-state index contributed by atoms with van der Waals surface area (Å²) in [4.78, 5) is 17.5. The molecule has 0 bridgehead atoms. The third-order valence-electron chi connectivity index (χ3n) is 5.38. The van der Waals surface area contributed by atoms with Crippen molar-refractivity contribution in [2.45, 2.75) is 37.9 Å². The van der Waals surface area contributed by atoms with Crippen LogP contribution in [0.5, 0.6) is 0 Å². The fourth-order valence-electron chi connectivity index (χ4n) is 3.55. The van der Waals surface area contributed by atoms with E-state index in [2.05, 4.69) is 20.4 Å². The van der Waals surface area contributed by atoms with Crippen molar-refractivity contribution in [3.05, 3.63) is 55.0 Å². The predicted octanol–water partition coefficient (Wildman–Crippen LogP) is 4.03. The van der Waals surface area contributed by atoms with E-state index in [-0.39, 0.29) is 5.82 Å². The Morgan fingerprint density at radius 3 is 2.50 bits per heavy atom. The van der Waals surface area contributed by atoms with E-state index >= 15 is 0 Å². The Bertz CT molecular complexity index is 1100. The van der Waals surface area contributed by atoms with Crippen molar-refractivity contribution in [3.8, 4) is 16.9 Å². The lowest BCUT2D eigenvalue weighted by atomic mass is 9.86. The number of anilines is 1. The number of benzene rings is 1. The fraction of sp³-hybridized carbons (Fsp3) is 0.364. The topological polar surface area (TPSA) is 119 Å². The summed E-state index contributed by atoms with van der Waals surface area (Å²) in [6.45, 7) is 0.870. The summed E-state index contributed by atoms with van der Waals surface area (Å²) in [6.07, 6.45) is 6.13. The highest BCUT2D eigenvalue weighted by atomic mass is 19.4. The van der Waals surface area contributed by atoms with E-state index in [0.717, 1.165) is 49.2 Å². The van der Waals surface area contributed by atoms with Crippen molar-refractivity contribution < 1.29 is 27.5 Å². The first-order valence-corrected chi connectivity index (χ1v) is 10.5. The molecular formula is C22H24F4N6O2. The molecule has 0 aliphatic heterocycles. The van der Waals surface area contributed by atoms with Crippen LogP contribution < -0.4 is 11.1 Å². The van der Waals surface area contributed by atoms with Gasteiger partial charge >= 0.3 is 12.1 Å². The Kier molecular flexibility index (Phi) is 8.16. The van der Waals surface area contributed by atoms with Crippen LogP contribution in [0.25, 0.3) is 16.9 Å². The van der Waals surface area contributed by atoms with Gasteiger partial charge in [0.05, 0.1) is 23.8 Å². The van der Waals surface area contributed by atoms with E-state index in [1.54, 1.807) is 36.8 Å². The molecule has 2 aromatic heterocycles. The number of carboxylic acids is 1. The van der Waals surface area contributed by atoms with Gasteiger partial charge in [0.1, 0.15) is 17.8 Å². The van der Waals surface area contributed by atoms with E-state index in [4.69, 9.17) is 15.6 Å². The lowest BCUT2D eigenvalue weighted by Crippen LogP contribution is -2.29. The van der Waals surface area contributed by atoms with Gasteiger partial charge in [0.25, 0.3) is 0 Å². The largest absolute Gasteiger partial charge is 0.490 e. The maximum Gasteiger partial charge on any atom is 0.490 e. The average Bonchev–Trinajstić information content (AvgIpc) is 3.29. The SMILES string of the molecule is NC1CCC(CNc2cncnc2-c2cnn(-c3ccccc3F)c2)CC1.O=C(O)C(F)(F)F. The van der Waals surface area contributed by atoms with Crippen LogP contribution in [0.4, 0.5) is 23.2 Å². The summed E-state index contributed by atoms with van der Waals surface area (Å²) in [5.74, 6) is -2.46. The standard InChI is InChI=1S/C20H23FN6.C2HF3O2/c21-17-3-1-2-4-19(17)27-12-15(10-26-27)20-18(11-23-13-25-20)24-9-14-5-7-16(22)8-6-14;3-2(4,5)1(6)7/h1-4,10-14,16,24H,5-9,22H2;(H,6,7). The summed E-state index contributed by atoms with van der Waals surface area (Å²) < 4.78 is 47.3. The molecule has 1 aromatic carbocycles. The number of para-hydroxylation sites is 1. The van der Waals surface area contributed by atoms with Crippen LogP contribution in [-0.4, -0.2) is 49.6 Å². The van der Waals surface area contributed by atoms with E-state index in [0.29, 0.717) is 17.6 Å². The van der Waals surface area contributed by atoms with Gasteiger partial charge in [-0.05, 0) is 43.7 Å². The minimum atomic E-state index is -5.08. The molecule has 182 valence electrons. The van der Waals surface area contributed by atoms with Gasteiger partial charge in [-0.15, -0.1) is 0 Å². The van der Waals surface area contributed by atoms with Gasteiger partial charge in [0.2, 0.25) is 0 Å². The molecule has 8 nitrogen and oxygen atoms in total. The van der Waals surface area contributed by atoms with Gasteiger partial charge in [0, 0.05) is 24.3 Å². The molecule has 2 heterocycles. The van der Waals surface area contributed by atoms with Crippen LogP contribution in [0.2, 0.25) is 0 Å². The van der Waals surface area contributed by atoms with E-state index in [1.807, 2.05) is 0 Å². The predicted molar refractivity (Wildman–Crippen MR) is 117 cm³/mol. The number of nitrogens with two attached hydrogens (primary N) is 1. The lowest BCUT2D eigenvalue weighted by Gasteiger charge is -2.26. The summed E-state index contributed by atoms with van der Waals surface area (Å²) in [6, 6.07) is 6.91. The molecule has 12 heteroatoms.